The number of anilines is 3. The van der Waals surface area contributed by atoms with E-state index in [2.05, 4.69) is 15.3 Å². The standard InChI is InChI=1S/C16H15N5O2/c17-10-1-4-14-9(7-10)5-6-21(14)16(23)18-11-2-3-12-13(8-11)20-15(22)19-12/h1-4,7-8H,5-6,17H2,(H,18,23)(H2,19,20,22). The van der Waals surface area contributed by atoms with Crippen molar-refractivity contribution in [1.82, 2.24) is 9.97 Å². The van der Waals surface area contributed by atoms with Crippen LogP contribution in [0.5, 0.6) is 0 Å². The molecular formula is C16H15N5O2. The van der Waals surface area contributed by atoms with Crippen LogP contribution in [0.2, 0.25) is 0 Å². The molecule has 1 aliphatic rings. The van der Waals surface area contributed by atoms with Gasteiger partial charge in [0.2, 0.25) is 0 Å². The van der Waals surface area contributed by atoms with Crippen molar-refractivity contribution in [2.75, 3.05) is 22.5 Å². The van der Waals surface area contributed by atoms with E-state index in [-0.39, 0.29) is 11.7 Å². The number of carbonyl (C=O) groups excluding carboxylic acids is 1. The van der Waals surface area contributed by atoms with Crippen LogP contribution in [0, 0.1) is 0 Å². The number of benzene rings is 2. The highest BCUT2D eigenvalue weighted by atomic mass is 16.2. The smallest absolute Gasteiger partial charge is 0.326 e. The Morgan fingerprint density at radius 1 is 1.13 bits per heavy atom. The van der Waals surface area contributed by atoms with E-state index < -0.39 is 0 Å². The SMILES string of the molecule is Nc1ccc2c(c1)CCN2C(=O)Nc1ccc2[nH]c(=O)[nH]c2c1. The Balaban J connectivity index is 1.59. The number of nitrogens with zero attached hydrogens (tertiary/aromatic N) is 1. The van der Waals surface area contributed by atoms with Crippen LogP contribution in [0.3, 0.4) is 0 Å². The molecule has 7 nitrogen and oxygen atoms in total. The van der Waals surface area contributed by atoms with Gasteiger partial charge in [-0.2, -0.15) is 0 Å². The molecule has 0 bridgehead atoms. The molecule has 5 N–H and O–H groups in total. The number of nitrogen functional groups attached to an aromatic ring is 1. The van der Waals surface area contributed by atoms with Crippen molar-refractivity contribution >= 4 is 34.1 Å². The number of nitrogens with two attached hydrogens (primary N) is 1. The van der Waals surface area contributed by atoms with Gasteiger partial charge in [0, 0.05) is 23.6 Å². The molecular weight excluding hydrogens is 294 g/mol. The summed E-state index contributed by atoms with van der Waals surface area (Å²) in [7, 11) is 0. The predicted molar refractivity (Wildman–Crippen MR) is 89.8 cm³/mol. The first-order valence-corrected chi connectivity index (χ1v) is 7.29. The molecule has 0 spiro atoms. The Kier molecular flexibility index (Phi) is 2.87. The number of rotatable bonds is 1. The normalized spacial score (nSPS) is 13.3. The lowest BCUT2D eigenvalue weighted by Gasteiger charge is -2.18. The summed E-state index contributed by atoms with van der Waals surface area (Å²) in [5.74, 6) is 0. The van der Waals surface area contributed by atoms with Crippen molar-refractivity contribution in [3.8, 4) is 0 Å². The van der Waals surface area contributed by atoms with Crippen molar-refractivity contribution < 1.29 is 4.79 Å². The lowest BCUT2D eigenvalue weighted by Crippen LogP contribution is -2.33. The highest BCUT2D eigenvalue weighted by Crippen LogP contribution is 2.30. The lowest BCUT2D eigenvalue weighted by atomic mass is 10.1. The number of fused-ring (bicyclic) bond motifs is 2. The summed E-state index contributed by atoms with van der Waals surface area (Å²) in [6.45, 7) is 0.619. The van der Waals surface area contributed by atoms with Gasteiger partial charge in [-0.1, -0.05) is 0 Å². The van der Waals surface area contributed by atoms with Crippen LogP contribution in [0.25, 0.3) is 11.0 Å². The van der Waals surface area contributed by atoms with E-state index in [9.17, 15) is 9.59 Å². The first-order valence-electron chi connectivity index (χ1n) is 7.29. The number of H-pyrrole nitrogens is 2. The maximum atomic E-state index is 12.5. The zero-order valence-electron chi connectivity index (χ0n) is 12.2. The molecule has 23 heavy (non-hydrogen) atoms. The van der Waals surface area contributed by atoms with Crippen LogP contribution >= 0.6 is 0 Å². The van der Waals surface area contributed by atoms with Crippen molar-refractivity contribution in [3.05, 3.63) is 52.4 Å². The Morgan fingerprint density at radius 3 is 2.83 bits per heavy atom. The fraction of sp³-hybridized carbons (Fsp3) is 0.125. The zero-order valence-corrected chi connectivity index (χ0v) is 12.2. The summed E-state index contributed by atoms with van der Waals surface area (Å²) in [6.07, 6.45) is 0.790. The number of hydrogen-bond acceptors (Lipinski definition) is 3. The van der Waals surface area contributed by atoms with Crippen LogP contribution in [0.15, 0.2) is 41.2 Å². The third-order valence-corrected chi connectivity index (χ3v) is 4.01. The van der Waals surface area contributed by atoms with Crippen LogP contribution in [0.4, 0.5) is 21.9 Å². The first kappa shape index (κ1) is 13.4. The molecule has 0 saturated carbocycles. The van der Waals surface area contributed by atoms with Gasteiger partial charge in [0.1, 0.15) is 0 Å². The summed E-state index contributed by atoms with van der Waals surface area (Å²) in [6, 6.07) is 10.6. The second-order valence-electron chi connectivity index (χ2n) is 5.56. The molecule has 3 aromatic rings. The van der Waals surface area contributed by atoms with Crippen LogP contribution in [0.1, 0.15) is 5.56 Å². The fourth-order valence-corrected chi connectivity index (χ4v) is 2.93. The van der Waals surface area contributed by atoms with E-state index in [1.807, 2.05) is 12.1 Å². The summed E-state index contributed by atoms with van der Waals surface area (Å²) in [4.78, 5) is 30.8. The Hall–Kier alpha value is -3.22. The van der Waals surface area contributed by atoms with Crippen molar-refractivity contribution in [3.63, 3.8) is 0 Å². The van der Waals surface area contributed by atoms with Gasteiger partial charge in [-0.05, 0) is 48.4 Å². The molecule has 0 radical (unpaired) electrons. The summed E-state index contributed by atoms with van der Waals surface area (Å²) < 4.78 is 0. The molecule has 0 aliphatic carbocycles. The maximum absolute atomic E-state index is 12.5. The average Bonchev–Trinajstić information content (AvgIpc) is 3.08. The predicted octanol–water partition coefficient (Wildman–Crippen LogP) is 2.03. The topological polar surface area (TPSA) is 107 Å². The summed E-state index contributed by atoms with van der Waals surface area (Å²) >= 11 is 0. The molecule has 116 valence electrons. The van der Waals surface area contributed by atoms with Gasteiger partial charge in [0.25, 0.3) is 0 Å². The van der Waals surface area contributed by atoms with Gasteiger partial charge < -0.3 is 21.0 Å². The molecule has 2 heterocycles. The Labute approximate surface area is 131 Å². The molecule has 0 fully saturated rings. The minimum atomic E-state index is -0.269. The minimum Gasteiger partial charge on any atom is -0.399 e. The van der Waals surface area contributed by atoms with Gasteiger partial charge in [0.15, 0.2) is 0 Å². The molecule has 0 atom stereocenters. The Bertz CT molecular complexity index is 972. The average molecular weight is 309 g/mol. The first-order chi connectivity index (χ1) is 11.1. The fourth-order valence-electron chi connectivity index (χ4n) is 2.93. The highest BCUT2D eigenvalue weighted by Gasteiger charge is 2.24. The number of carbonyl (C=O) groups is 1. The zero-order chi connectivity index (χ0) is 16.0. The van der Waals surface area contributed by atoms with Gasteiger partial charge in [0.05, 0.1) is 11.0 Å². The second-order valence-corrected chi connectivity index (χ2v) is 5.56. The number of amides is 2. The van der Waals surface area contributed by atoms with Crippen molar-refractivity contribution in [2.24, 2.45) is 0 Å². The number of nitrogens with one attached hydrogen (secondary N) is 3. The van der Waals surface area contributed by atoms with Crippen molar-refractivity contribution in [1.29, 1.82) is 0 Å². The van der Waals surface area contributed by atoms with Gasteiger partial charge in [-0.3, -0.25) is 4.90 Å². The third-order valence-electron chi connectivity index (χ3n) is 4.01. The van der Waals surface area contributed by atoms with Gasteiger partial charge in [-0.25, -0.2) is 9.59 Å². The van der Waals surface area contributed by atoms with E-state index in [4.69, 9.17) is 5.73 Å². The number of aromatic amines is 2. The highest BCUT2D eigenvalue weighted by molar-refractivity contribution is 6.04. The molecule has 2 aromatic carbocycles. The van der Waals surface area contributed by atoms with E-state index in [1.165, 1.54) is 0 Å². The maximum Gasteiger partial charge on any atom is 0.326 e. The molecule has 7 heteroatoms. The lowest BCUT2D eigenvalue weighted by molar-refractivity contribution is 0.257. The second kappa shape index (κ2) is 4.91. The largest absolute Gasteiger partial charge is 0.399 e. The molecule has 0 saturated heterocycles. The molecule has 4 rings (SSSR count). The number of aromatic nitrogens is 2. The molecule has 1 aliphatic heterocycles. The van der Waals surface area contributed by atoms with Gasteiger partial charge >= 0.3 is 11.7 Å². The Morgan fingerprint density at radius 2 is 1.96 bits per heavy atom. The van der Waals surface area contributed by atoms with E-state index >= 15 is 0 Å². The number of urea groups is 1. The van der Waals surface area contributed by atoms with Gasteiger partial charge in [-0.15, -0.1) is 0 Å². The molecule has 0 unspecified atom stereocenters. The van der Waals surface area contributed by atoms with Crippen LogP contribution in [-0.2, 0) is 6.42 Å². The quantitative estimate of drug-likeness (QED) is 0.517. The summed E-state index contributed by atoms with van der Waals surface area (Å²) in [5.41, 5.74) is 10.2. The van der Waals surface area contributed by atoms with E-state index in [0.29, 0.717) is 29.0 Å². The summed E-state index contributed by atoms with van der Waals surface area (Å²) in [5, 5.41) is 2.86. The molecule has 1 aromatic heterocycles. The minimum absolute atomic E-state index is 0.203. The number of imidazole rings is 1. The van der Waals surface area contributed by atoms with E-state index in [0.717, 1.165) is 17.7 Å². The van der Waals surface area contributed by atoms with Crippen molar-refractivity contribution in [2.45, 2.75) is 6.42 Å². The van der Waals surface area contributed by atoms with Crippen LogP contribution < -0.4 is 21.6 Å². The third kappa shape index (κ3) is 2.32. The molecule has 2 amide bonds. The monoisotopic (exact) mass is 309 g/mol. The van der Waals surface area contributed by atoms with Crippen LogP contribution in [-0.4, -0.2) is 22.5 Å². The number of hydrogen-bond donors (Lipinski definition) is 4. The van der Waals surface area contributed by atoms with E-state index in [1.54, 1.807) is 29.2 Å².